The van der Waals surface area contributed by atoms with Crippen LogP contribution in [0.15, 0.2) is 24.3 Å². The van der Waals surface area contributed by atoms with Gasteiger partial charge in [0, 0.05) is 35.6 Å². The molecule has 0 radical (unpaired) electrons. The molecule has 5 heteroatoms. The molecule has 158 valence electrons. The number of likely N-dealkylation sites (tertiary alicyclic amines) is 1. The van der Waals surface area contributed by atoms with Crippen LogP contribution in [0.3, 0.4) is 0 Å². The summed E-state index contributed by atoms with van der Waals surface area (Å²) in [4.78, 5) is 15.9. The molecule has 4 nitrogen and oxygen atoms in total. The first-order chi connectivity index (χ1) is 14.0. The predicted octanol–water partition coefficient (Wildman–Crippen LogP) is 4.51. The lowest BCUT2D eigenvalue weighted by molar-refractivity contribution is -0.145. The number of halogens is 1. The van der Waals surface area contributed by atoms with Gasteiger partial charge in [-0.3, -0.25) is 9.69 Å². The largest absolute Gasteiger partial charge is 0.496 e. The van der Waals surface area contributed by atoms with Crippen LogP contribution < -0.4 is 10.1 Å². The molecule has 1 amide bonds. The summed E-state index contributed by atoms with van der Waals surface area (Å²) in [6, 6.07) is 8.61. The van der Waals surface area contributed by atoms with Crippen molar-refractivity contribution in [3.05, 3.63) is 29.8 Å². The summed E-state index contributed by atoms with van der Waals surface area (Å²) in [7, 11) is 1.74. The summed E-state index contributed by atoms with van der Waals surface area (Å²) >= 11 is 4.04. The van der Waals surface area contributed by atoms with Crippen LogP contribution in [-0.2, 0) is 11.3 Å². The Morgan fingerprint density at radius 3 is 2.52 bits per heavy atom. The number of rotatable bonds is 5. The Bertz CT molecular complexity index is 760. The van der Waals surface area contributed by atoms with E-state index in [1.165, 1.54) is 24.8 Å². The molecular formula is C24H33BrN2O2. The Morgan fingerprint density at radius 1 is 1.17 bits per heavy atom. The van der Waals surface area contributed by atoms with Gasteiger partial charge in [0.25, 0.3) is 0 Å². The number of benzene rings is 1. The third-order valence-corrected chi connectivity index (χ3v) is 8.91. The van der Waals surface area contributed by atoms with Crippen molar-refractivity contribution >= 4 is 21.8 Å². The number of carbonyl (C=O) groups is 1. The Morgan fingerprint density at radius 2 is 1.86 bits per heavy atom. The van der Waals surface area contributed by atoms with Gasteiger partial charge in [-0.2, -0.15) is 0 Å². The standard InChI is InChI=1S/C24H33BrN2O2/c1-29-21-5-3-2-4-19(21)15-27-8-6-20(7-9-27)26-22(28)23-11-17-10-18(12-23)14-24(25,13-17)16-23/h2-5,17-18,20H,6-16H2,1H3,(H,26,28). The number of piperidine rings is 1. The Kier molecular flexibility index (Phi) is 5.18. The van der Waals surface area contributed by atoms with Crippen LogP contribution in [0.25, 0.3) is 0 Å². The van der Waals surface area contributed by atoms with Gasteiger partial charge in [0.05, 0.1) is 12.5 Å². The zero-order valence-electron chi connectivity index (χ0n) is 17.5. The van der Waals surface area contributed by atoms with Crippen LogP contribution >= 0.6 is 15.9 Å². The van der Waals surface area contributed by atoms with Crippen molar-refractivity contribution in [2.75, 3.05) is 20.2 Å². The molecule has 2 atom stereocenters. The van der Waals surface area contributed by atoms with Gasteiger partial charge in [-0.15, -0.1) is 0 Å². The maximum Gasteiger partial charge on any atom is 0.226 e. The molecule has 29 heavy (non-hydrogen) atoms. The first-order valence-electron chi connectivity index (χ1n) is 11.3. The first kappa shape index (κ1) is 19.9. The van der Waals surface area contributed by atoms with E-state index in [1.54, 1.807) is 7.11 Å². The van der Waals surface area contributed by atoms with E-state index in [2.05, 4.69) is 38.3 Å². The summed E-state index contributed by atoms with van der Waals surface area (Å²) in [6.07, 6.45) is 9.28. The molecular weight excluding hydrogens is 428 g/mol. The van der Waals surface area contributed by atoms with Gasteiger partial charge in [-0.25, -0.2) is 0 Å². The molecule has 1 aromatic carbocycles. The van der Waals surface area contributed by atoms with E-state index in [0.717, 1.165) is 69.3 Å². The fraction of sp³-hybridized carbons (Fsp3) is 0.708. The number of carbonyl (C=O) groups excluding carboxylic acids is 1. The van der Waals surface area contributed by atoms with E-state index in [4.69, 9.17) is 4.74 Å². The molecule has 1 heterocycles. The lowest BCUT2D eigenvalue weighted by Gasteiger charge is -2.59. The van der Waals surface area contributed by atoms with Crippen LogP contribution in [-0.4, -0.2) is 41.4 Å². The molecule has 2 unspecified atom stereocenters. The number of methoxy groups -OCH3 is 1. The molecule has 6 rings (SSSR count). The molecule has 0 aromatic heterocycles. The first-order valence-corrected chi connectivity index (χ1v) is 12.1. The van der Waals surface area contributed by atoms with E-state index >= 15 is 0 Å². The highest BCUT2D eigenvalue weighted by Gasteiger charge is 2.59. The van der Waals surface area contributed by atoms with Crippen molar-refractivity contribution in [2.24, 2.45) is 17.3 Å². The van der Waals surface area contributed by atoms with Crippen LogP contribution in [0.1, 0.15) is 56.9 Å². The molecule has 1 saturated heterocycles. The highest BCUT2D eigenvalue weighted by Crippen LogP contribution is 2.64. The molecule has 0 spiro atoms. The van der Waals surface area contributed by atoms with Gasteiger partial charge in [0.1, 0.15) is 5.75 Å². The summed E-state index contributed by atoms with van der Waals surface area (Å²) in [5.41, 5.74) is 1.15. The number of para-hydroxylation sites is 1. The number of nitrogens with zero attached hydrogens (tertiary/aromatic N) is 1. The monoisotopic (exact) mass is 460 g/mol. The molecule has 1 aliphatic heterocycles. The van der Waals surface area contributed by atoms with Crippen molar-refractivity contribution in [1.82, 2.24) is 10.2 Å². The number of hydrogen-bond acceptors (Lipinski definition) is 3. The third-order valence-electron chi connectivity index (χ3n) is 7.98. The zero-order chi connectivity index (χ0) is 20.1. The molecule has 5 aliphatic rings. The summed E-state index contributed by atoms with van der Waals surface area (Å²) in [6.45, 7) is 2.98. The summed E-state index contributed by atoms with van der Waals surface area (Å²) < 4.78 is 5.74. The quantitative estimate of drug-likeness (QED) is 0.657. The van der Waals surface area contributed by atoms with Crippen LogP contribution in [0.4, 0.5) is 0 Å². The van der Waals surface area contributed by atoms with Crippen LogP contribution in [0.5, 0.6) is 5.75 Å². The minimum Gasteiger partial charge on any atom is -0.496 e. The number of nitrogens with one attached hydrogen (secondary N) is 1. The highest BCUT2D eigenvalue weighted by molar-refractivity contribution is 9.10. The second-order valence-electron chi connectivity index (χ2n) is 10.2. The molecule has 4 bridgehead atoms. The number of amides is 1. The SMILES string of the molecule is COc1ccccc1CN1CCC(NC(=O)C23CC4CC(CC(Br)(C4)C2)C3)CC1. The molecule has 4 aliphatic carbocycles. The van der Waals surface area contributed by atoms with E-state index in [-0.39, 0.29) is 9.74 Å². The second kappa shape index (κ2) is 7.56. The van der Waals surface area contributed by atoms with E-state index in [1.807, 2.05) is 12.1 Å². The highest BCUT2D eigenvalue weighted by atomic mass is 79.9. The normalized spacial score (nSPS) is 36.9. The number of ether oxygens (including phenoxy) is 1. The van der Waals surface area contributed by atoms with Gasteiger partial charge in [0.15, 0.2) is 0 Å². The van der Waals surface area contributed by atoms with E-state index in [0.29, 0.717) is 11.9 Å². The smallest absolute Gasteiger partial charge is 0.226 e. The molecule has 4 saturated carbocycles. The summed E-state index contributed by atoms with van der Waals surface area (Å²) in [5.74, 6) is 2.83. The predicted molar refractivity (Wildman–Crippen MR) is 118 cm³/mol. The fourth-order valence-electron chi connectivity index (χ4n) is 7.06. The topological polar surface area (TPSA) is 41.6 Å². The van der Waals surface area contributed by atoms with Gasteiger partial charge >= 0.3 is 0 Å². The van der Waals surface area contributed by atoms with Gasteiger partial charge in [-0.1, -0.05) is 34.1 Å². The minimum atomic E-state index is -0.0951. The molecule has 1 aromatic rings. The van der Waals surface area contributed by atoms with Gasteiger partial charge in [0.2, 0.25) is 5.91 Å². The van der Waals surface area contributed by atoms with Crippen molar-refractivity contribution < 1.29 is 9.53 Å². The van der Waals surface area contributed by atoms with Crippen molar-refractivity contribution in [3.8, 4) is 5.75 Å². The van der Waals surface area contributed by atoms with Crippen molar-refractivity contribution in [2.45, 2.75) is 68.3 Å². The Hall–Kier alpha value is -1.07. The average Bonchev–Trinajstić information content (AvgIpc) is 2.68. The number of hydrogen-bond donors (Lipinski definition) is 1. The Labute approximate surface area is 182 Å². The maximum absolute atomic E-state index is 13.4. The molecule has 5 fully saturated rings. The van der Waals surface area contributed by atoms with E-state index in [9.17, 15) is 4.79 Å². The second-order valence-corrected chi connectivity index (χ2v) is 11.9. The van der Waals surface area contributed by atoms with Gasteiger partial charge in [-0.05, 0) is 69.3 Å². The third kappa shape index (κ3) is 3.85. The summed E-state index contributed by atoms with van der Waals surface area (Å²) in [5, 5.41) is 3.49. The van der Waals surface area contributed by atoms with Gasteiger partial charge < -0.3 is 10.1 Å². The number of alkyl halides is 1. The van der Waals surface area contributed by atoms with Crippen molar-refractivity contribution in [3.63, 3.8) is 0 Å². The maximum atomic E-state index is 13.4. The lowest BCUT2D eigenvalue weighted by Crippen LogP contribution is -2.59. The average molecular weight is 461 g/mol. The van der Waals surface area contributed by atoms with E-state index < -0.39 is 0 Å². The Balaban J connectivity index is 1.17. The van der Waals surface area contributed by atoms with Crippen molar-refractivity contribution in [1.29, 1.82) is 0 Å². The fourth-order valence-corrected chi connectivity index (χ4v) is 8.52. The minimum absolute atomic E-state index is 0.0951. The molecule has 1 N–H and O–H groups in total. The van der Waals surface area contributed by atoms with Crippen LogP contribution in [0.2, 0.25) is 0 Å². The zero-order valence-corrected chi connectivity index (χ0v) is 19.0. The van der Waals surface area contributed by atoms with Crippen LogP contribution in [0, 0.1) is 17.3 Å². The lowest BCUT2D eigenvalue weighted by atomic mass is 9.49.